The molecular weight excluding hydrogens is 419 g/mol. The van der Waals surface area contributed by atoms with Crippen LogP contribution >= 0.6 is 24.0 Å². The van der Waals surface area contributed by atoms with Crippen LogP contribution in [0.4, 0.5) is 0 Å². The molecule has 4 N–H and O–H groups in total. The maximum Gasteiger partial charge on any atom is 0.221 e. The summed E-state index contributed by atoms with van der Waals surface area (Å²) < 4.78 is 0. The van der Waals surface area contributed by atoms with Gasteiger partial charge in [-0.3, -0.25) is 9.79 Å². The Kier molecular flexibility index (Phi) is 17.0. The first-order valence-corrected chi connectivity index (χ1v) is 9.02. The Morgan fingerprint density at radius 1 is 0.958 bits per heavy atom. The third-order valence-electron chi connectivity index (χ3n) is 3.52. The number of rotatable bonds is 12. The lowest BCUT2D eigenvalue weighted by Crippen LogP contribution is -2.41. The molecule has 0 saturated heterocycles. The predicted octanol–water partition coefficient (Wildman–Crippen LogP) is 2.41. The highest BCUT2D eigenvalue weighted by atomic mass is 127. The first kappa shape index (κ1) is 25.7. The van der Waals surface area contributed by atoms with Crippen LogP contribution in [0.15, 0.2) is 4.99 Å². The number of aliphatic hydroxyl groups is 1. The van der Waals surface area contributed by atoms with Gasteiger partial charge < -0.3 is 21.1 Å². The highest BCUT2D eigenvalue weighted by Crippen LogP contribution is 2.19. The second-order valence-corrected chi connectivity index (χ2v) is 5.95. The second-order valence-electron chi connectivity index (χ2n) is 5.95. The molecule has 0 atom stereocenters. The van der Waals surface area contributed by atoms with Gasteiger partial charge in [-0.05, 0) is 26.2 Å². The fraction of sp³-hybridized carbons (Fsp3) is 0.882. The quantitative estimate of drug-likeness (QED) is 0.207. The van der Waals surface area contributed by atoms with Crippen LogP contribution in [0, 0.1) is 0 Å². The molecule has 0 aromatic carbocycles. The molecule has 0 bridgehead atoms. The molecule has 0 rings (SSSR count). The molecule has 24 heavy (non-hydrogen) atoms. The van der Waals surface area contributed by atoms with E-state index in [2.05, 4.69) is 34.8 Å². The Morgan fingerprint density at radius 3 is 2.08 bits per heavy atom. The van der Waals surface area contributed by atoms with Crippen molar-refractivity contribution in [1.82, 2.24) is 16.0 Å². The zero-order chi connectivity index (χ0) is 17.6. The summed E-state index contributed by atoms with van der Waals surface area (Å²) in [5.74, 6) is 0.699. The zero-order valence-electron chi connectivity index (χ0n) is 15.8. The highest BCUT2D eigenvalue weighted by Gasteiger charge is 2.24. The number of nitrogens with one attached hydrogen (secondary N) is 3. The molecule has 0 aliphatic carbocycles. The molecule has 0 aliphatic rings. The van der Waals surface area contributed by atoms with Gasteiger partial charge in [0.1, 0.15) is 0 Å². The molecule has 0 aliphatic heterocycles. The van der Waals surface area contributed by atoms with Crippen molar-refractivity contribution in [3.63, 3.8) is 0 Å². The molecule has 0 saturated carbocycles. The SMILES string of the molecule is CCCNC(=O)CCNC(=NCC(O)(CCC)CCC)NCC.I. The number of guanidine groups is 1. The van der Waals surface area contributed by atoms with Crippen LogP contribution < -0.4 is 16.0 Å². The number of aliphatic imine (C=N–C) groups is 1. The zero-order valence-corrected chi connectivity index (χ0v) is 18.1. The molecule has 0 unspecified atom stereocenters. The summed E-state index contributed by atoms with van der Waals surface area (Å²) in [4.78, 5) is 16.1. The molecular formula is C17H37IN4O2. The first-order chi connectivity index (χ1) is 11.0. The standard InChI is InChI=1S/C17H36N4O2.HI/c1-5-10-17(23,11-6-2)14-21-16(18-8-4)20-13-9-15(22)19-12-7-3;/h23H,5-14H2,1-4H3,(H,19,22)(H2,18,20,21);1H. The van der Waals surface area contributed by atoms with Crippen molar-refractivity contribution in [2.24, 2.45) is 4.99 Å². The van der Waals surface area contributed by atoms with Crippen LogP contribution in [-0.4, -0.2) is 48.8 Å². The van der Waals surface area contributed by atoms with Gasteiger partial charge in [0.05, 0.1) is 12.1 Å². The summed E-state index contributed by atoms with van der Waals surface area (Å²) in [5, 5.41) is 19.8. The van der Waals surface area contributed by atoms with Gasteiger partial charge in [0.25, 0.3) is 0 Å². The van der Waals surface area contributed by atoms with Crippen LogP contribution in [0.1, 0.15) is 66.2 Å². The van der Waals surface area contributed by atoms with Crippen LogP contribution in [0.2, 0.25) is 0 Å². The third kappa shape index (κ3) is 12.8. The maximum absolute atomic E-state index is 11.6. The molecule has 0 aromatic rings. The summed E-state index contributed by atoms with van der Waals surface area (Å²) in [7, 11) is 0. The number of nitrogens with zero attached hydrogens (tertiary/aromatic N) is 1. The van der Waals surface area contributed by atoms with Crippen molar-refractivity contribution < 1.29 is 9.90 Å². The number of carbonyl (C=O) groups excluding carboxylic acids is 1. The van der Waals surface area contributed by atoms with E-state index in [1.807, 2.05) is 13.8 Å². The van der Waals surface area contributed by atoms with E-state index in [9.17, 15) is 9.90 Å². The van der Waals surface area contributed by atoms with Gasteiger partial charge in [-0.25, -0.2) is 0 Å². The minimum absolute atomic E-state index is 0. The summed E-state index contributed by atoms with van der Waals surface area (Å²) in [6.45, 7) is 10.5. The minimum atomic E-state index is -0.732. The van der Waals surface area contributed by atoms with Crippen LogP contribution in [0.25, 0.3) is 0 Å². The topological polar surface area (TPSA) is 85.8 Å². The lowest BCUT2D eigenvalue weighted by atomic mass is 9.93. The van der Waals surface area contributed by atoms with Crippen molar-refractivity contribution in [3.05, 3.63) is 0 Å². The van der Waals surface area contributed by atoms with Crippen molar-refractivity contribution in [3.8, 4) is 0 Å². The van der Waals surface area contributed by atoms with Crippen LogP contribution in [0.5, 0.6) is 0 Å². The highest BCUT2D eigenvalue weighted by molar-refractivity contribution is 14.0. The Labute approximate surface area is 164 Å². The predicted molar refractivity (Wildman–Crippen MR) is 112 cm³/mol. The number of carbonyl (C=O) groups is 1. The van der Waals surface area contributed by atoms with E-state index in [1.165, 1.54) is 0 Å². The molecule has 0 aromatic heterocycles. The van der Waals surface area contributed by atoms with Crippen molar-refractivity contribution in [2.75, 3.05) is 26.2 Å². The molecule has 0 heterocycles. The molecule has 0 fully saturated rings. The Hall–Kier alpha value is -0.570. The van der Waals surface area contributed by atoms with Gasteiger partial charge in [-0.15, -0.1) is 24.0 Å². The third-order valence-corrected chi connectivity index (χ3v) is 3.52. The van der Waals surface area contributed by atoms with Gasteiger partial charge in [0.2, 0.25) is 5.91 Å². The van der Waals surface area contributed by atoms with E-state index in [0.29, 0.717) is 32.0 Å². The van der Waals surface area contributed by atoms with Gasteiger partial charge >= 0.3 is 0 Å². The number of hydrogen-bond acceptors (Lipinski definition) is 3. The van der Waals surface area contributed by atoms with Gasteiger partial charge in [0, 0.05) is 26.1 Å². The Balaban J connectivity index is 0. The maximum atomic E-state index is 11.6. The van der Waals surface area contributed by atoms with Gasteiger partial charge in [0.15, 0.2) is 5.96 Å². The van der Waals surface area contributed by atoms with E-state index in [1.54, 1.807) is 0 Å². The average molecular weight is 456 g/mol. The van der Waals surface area contributed by atoms with E-state index < -0.39 is 5.60 Å². The second kappa shape index (κ2) is 15.9. The smallest absolute Gasteiger partial charge is 0.221 e. The number of amides is 1. The van der Waals surface area contributed by atoms with Crippen LogP contribution in [0.3, 0.4) is 0 Å². The van der Waals surface area contributed by atoms with Crippen molar-refractivity contribution in [2.45, 2.75) is 71.8 Å². The normalized spacial score (nSPS) is 11.6. The van der Waals surface area contributed by atoms with E-state index >= 15 is 0 Å². The fourth-order valence-electron chi connectivity index (χ4n) is 2.43. The molecule has 1 amide bonds. The summed E-state index contributed by atoms with van der Waals surface area (Å²) in [5.41, 5.74) is -0.732. The summed E-state index contributed by atoms with van der Waals surface area (Å²) in [6.07, 6.45) is 4.74. The minimum Gasteiger partial charge on any atom is -0.388 e. The number of hydrogen-bond donors (Lipinski definition) is 4. The molecule has 6 nitrogen and oxygen atoms in total. The molecule has 0 spiro atoms. The van der Waals surface area contributed by atoms with Crippen molar-refractivity contribution >= 4 is 35.8 Å². The van der Waals surface area contributed by atoms with E-state index in [4.69, 9.17) is 0 Å². The van der Waals surface area contributed by atoms with E-state index in [0.717, 1.165) is 38.6 Å². The lowest BCUT2D eigenvalue weighted by Gasteiger charge is -2.26. The van der Waals surface area contributed by atoms with Crippen LogP contribution in [-0.2, 0) is 4.79 Å². The monoisotopic (exact) mass is 456 g/mol. The molecule has 144 valence electrons. The van der Waals surface area contributed by atoms with Gasteiger partial charge in [-0.2, -0.15) is 0 Å². The lowest BCUT2D eigenvalue weighted by molar-refractivity contribution is -0.120. The number of halogens is 1. The fourth-order valence-corrected chi connectivity index (χ4v) is 2.43. The first-order valence-electron chi connectivity index (χ1n) is 9.02. The van der Waals surface area contributed by atoms with Crippen molar-refractivity contribution in [1.29, 1.82) is 0 Å². The largest absolute Gasteiger partial charge is 0.388 e. The van der Waals surface area contributed by atoms with E-state index in [-0.39, 0.29) is 29.9 Å². The summed E-state index contributed by atoms with van der Waals surface area (Å²) >= 11 is 0. The Morgan fingerprint density at radius 2 is 1.58 bits per heavy atom. The summed E-state index contributed by atoms with van der Waals surface area (Å²) in [6, 6.07) is 0. The Bertz CT molecular complexity index is 345. The average Bonchev–Trinajstić information content (AvgIpc) is 2.51. The van der Waals surface area contributed by atoms with Gasteiger partial charge in [-0.1, -0.05) is 33.6 Å². The molecule has 0 radical (unpaired) electrons. The molecule has 7 heteroatoms.